The molecular weight excluding hydrogens is 272 g/mol. The second-order valence-corrected chi connectivity index (χ2v) is 4.84. The molecular formula is C15H18N2O4. The first-order valence-electron chi connectivity index (χ1n) is 6.81. The zero-order chi connectivity index (χ0) is 15.2. The summed E-state index contributed by atoms with van der Waals surface area (Å²) >= 11 is 0. The smallest absolute Gasteiger partial charge is 0.263 e. The Labute approximate surface area is 123 Å². The summed E-state index contributed by atoms with van der Waals surface area (Å²) < 4.78 is 10.9. The number of hydrogen-bond donors (Lipinski definition) is 1. The van der Waals surface area contributed by atoms with Crippen molar-refractivity contribution in [2.75, 3.05) is 26.4 Å². The molecule has 2 rings (SSSR count). The van der Waals surface area contributed by atoms with E-state index in [1.54, 1.807) is 36.1 Å². The lowest BCUT2D eigenvalue weighted by Gasteiger charge is -2.35. The zero-order valence-electron chi connectivity index (χ0n) is 11.9. The highest BCUT2D eigenvalue weighted by atomic mass is 16.5. The molecule has 1 aromatic rings. The number of carbonyl (C=O) groups excluding carboxylic acids is 1. The Bertz CT molecular complexity index is 523. The fraction of sp³-hybridized carbons (Fsp3) is 0.467. The van der Waals surface area contributed by atoms with Crippen molar-refractivity contribution < 1.29 is 19.4 Å². The molecule has 112 valence electrons. The van der Waals surface area contributed by atoms with Crippen molar-refractivity contribution in [1.82, 2.24) is 4.90 Å². The summed E-state index contributed by atoms with van der Waals surface area (Å²) in [5, 5.41) is 18.0. The van der Waals surface area contributed by atoms with Gasteiger partial charge in [-0.15, -0.1) is 0 Å². The standard InChI is InChI=1S/C15H18N2O4/c1-11(21-14-4-2-12(8-16)3-5-14)15(19)17-6-7-20-10-13(17)9-18/h2-5,11,13,18H,6-7,9-10H2,1H3. The van der Waals surface area contributed by atoms with Gasteiger partial charge in [0, 0.05) is 6.54 Å². The van der Waals surface area contributed by atoms with Gasteiger partial charge in [0.25, 0.3) is 5.91 Å². The van der Waals surface area contributed by atoms with Crippen LogP contribution in [0.2, 0.25) is 0 Å². The van der Waals surface area contributed by atoms with Crippen molar-refractivity contribution in [2.24, 2.45) is 0 Å². The van der Waals surface area contributed by atoms with Gasteiger partial charge >= 0.3 is 0 Å². The lowest BCUT2D eigenvalue weighted by atomic mass is 10.2. The highest BCUT2D eigenvalue weighted by Crippen LogP contribution is 2.16. The molecule has 2 unspecified atom stereocenters. The van der Waals surface area contributed by atoms with Crippen molar-refractivity contribution in [3.8, 4) is 11.8 Å². The molecule has 1 N–H and O–H groups in total. The minimum absolute atomic E-state index is 0.130. The Morgan fingerprint density at radius 2 is 2.29 bits per heavy atom. The van der Waals surface area contributed by atoms with E-state index in [1.807, 2.05) is 6.07 Å². The van der Waals surface area contributed by atoms with Gasteiger partial charge in [0.05, 0.1) is 37.5 Å². The van der Waals surface area contributed by atoms with Gasteiger partial charge in [-0.05, 0) is 31.2 Å². The van der Waals surface area contributed by atoms with Gasteiger partial charge in [0.15, 0.2) is 6.10 Å². The van der Waals surface area contributed by atoms with Crippen LogP contribution in [0.15, 0.2) is 24.3 Å². The molecule has 1 fully saturated rings. The van der Waals surface area contributed by atoms with Crippen molar-refractivity contribution in [3.05, 3.63) is 29.8 Å². The average Bonchev–Trinajstić information content (AvgIpc) is 2.54. The number of rotatable bonds is 4. The molecule has 6 nitrogen and oxygen atoms in total. The predicted molar refractivity (Wildman–Crippen MR) is 74.7 cm³/mol. The van der Waals surface area contributed by atoms with Crippen LogP contribution in [0.25, 0.3) is 0 Å². The lowest BCUT2D eigenvalue weighted by molar-refractivity contribution is -0.148. The summed E-state index contributed by atoms with van der Waals surface area (Å²) in [6, 6.07) is 8.29. The summed E-state index contributed by atoms with van der Waals surface area (Å²) in [4.78, 5) is 14.0. The van der Waals surface area contributed by atoms with Crippen molar-refractivity contribution in [3.63, 3.8) is 0 Å². The zero-order valence-corrected chi connectivity index (χ0v) is 11.9. The van der Waals surface area contributed by atoms with Crippen LogP contribution in [-0.2, 0) is 9.53 Å². The molecule has 0 aliphatic carbocycles. The minimum Gasteiger partial charge on any atom is -0.481 e. The molecule has 1 aliphatic heterocycles. The Morgan fingerprint density at radius 1 is 1.57 bits per heavy atom. The van der Waals surface area contributed by atoms with Crippen LogP contribution in [0, 0.1) is 11.3 Å². The second-order valence-electron chi connectivity index (χ2n) is 4.84. The maximum Gasteiger partial charge on any atom is 0.263 e. The van der Waals surface area contributed by atoms with Gasteiger partial charge in [-0.25, -0.2) is 0 Å². The molecule has 6 heteroatoms. The number of nitriles is 1. The summed E-state index contributed by atoms with van der Waals surface area (Å²) in [5.41, 5.74) is 0.537. The monoisotopic (exact) mass is 290 g/mol. The maximum atomic E-state index is 12.4. The van der Waals surface area contributed by atoms with Crippen molar-refractivity contribution >= 4 is 5.91 Å². The predicted octanol–water partition coefficient (Wildman–Crippen LogP) is 0.545. The van der Waals surface area contributed by atoms with Gasteiger partial charge in [-0.1, -0.05) is 0 Å². The normalized spacial score (nSPS) is 19.7. The van der Waals surface area contributed by atoms with Crippen LogP contribution < -0.4 is 4.74 Å². The fourth-order valence-electron chi connectivity index (χ4n) is 2.19. The van der Waals surface area contributed by atoms with E-state index >= 15 is 0 Å². The van der Waals surface area contributed by atoms with E-state index in [-0.39, 0.29) is 18.6 Å². The van der Waals surface area contributed by atoms with Crippen LogP contribution in [-0.4, -0.2) is 54.4 Å². The molecule has 1 amide bonds. The number of amides is 1. The number of aliphatic hydroxyl groups is 1. The van der Waals surface area contributed by atoms with E-state index in [0.717, 1.165) is 0 Å². The van der Waals surface area contributed by atoms with Crippen molar-refractivity contribution in [2.45, 2.75) is 19.1 Å². The Hall–Kier alpha value is -2.10. The minimum atomic E-state index is -0.662. The summed E-state index contributed by atoms with van der Waals surface area (Å²) in [6.07, 6.45) is -0.662. The van der Waals surface area contributed by atoms with Gasteiger partial charge in [0.2, 0.25) is 0 Å². The third kappa shape index (κ3) is 3.72. The molecule has 1 aliphatic rings. The van der Waals surface area contributed by atoms with Crippen molar-refractivity contribution in [1.29, 1.82) is 5.26 Å². The molecule has 0 saturated carbocycles. The highest BCUT2D eigenvalue weighted by Gasteiger charge is 2.30. The molecule has 1 heterocycles. The largest absolute Gasteiger partial charge is 0.481 e. The first-order valence-corrected chi connectivity index (χ1v) is 6.81. The van der Waals surface area contributed by atoms with Gasteiger partial charge in [-0.2, -0.15) is 5.26 Å². The summed E-state index contributed by atoms with van der Waals surface area (Å²) in [7, 11) is 0. The van der Waals surface area contributed by atoms with E-state index < -0.39 is 6.10 Å². The highest BCUT2D eigenvalue weighted by molar-refractivity contribution is 5.81. The average molecular weight is 290 g/mol. The molecule has 0 aromatic heterocycles. The summed E-state index contributed by atoms with van der Waals surface area (Å²) in [6.45, 7) is 2.79. The van der Waals surface area contributed by atoms with E-state index in [1.165, 1.54) is 0 Å². The van der Waals surface area contributed by atoms with E-state index in [0.29, 0.717) is 31.1 Å². The quantitative estimate of drug-likeness (QED) is 0.875. The van der Waals surface area contributed by atoms with E-state index in [9.17, 15) is 9.90 Å². The fourth-order valence-corrected chi connectivity index (χ4v) is 2.19. The number of carbonyl (C=O) groups is 1. The van der Waals surface area contributed by atoms with Gasteiger partial charge in [0.1, 0.15) is 5.75 Å². The van der Waals surface area contributed by atoms with Gasteiger partial charge in [-0.3, -0.25) is 4.79 Å². The topological polar surface area (TPSA) is 82.8 Å². The second kappa shape index (κ2) is 7.07. The molecule has 1 saturated heterocycles. The van der Waals surface area contributed by atoms with E-state index in [2.05, 4.69) is 0 Å². The third-order valence-corrected chi connectivity index (χ3v) is 3.37. The maximum absolute atomic E-state index is 12.4. The Kier molecular flexibility index (Phi) is 5.14. The molecule has 0 radical (unpaired) electrons. The Morgan fingerprint density at radius 3 is 2.90 bits per heavy atom. The number of hydrogen-bond acceptors (Lipinski definition) is 5. The van der Waals surface area contributed by atoms with Crippen LogP contribution >= 0.6 is 0 Å². The SMILES string of the molecule is CC(Oc1ccc(C#N)cc1)C(=O)N1CCOCC1CO. The number of morpholine rings is 1. The van der Waals surface area contributed by atoms with E-state index in [4.69, 9.17) is 14.7 Å². The molecule has 1 aromatic carbocycles. The first-order chi connectivity index (χ1) is 10.2. The number of nitrogens with zero attached hydrogens (tertiary/aromatic N) is 2. The van der Waals surface area contributed by atoms with Gasteiger partial charge < -0.3 is 19.5 Å². The van der Waals surface area contributed by atoms with Crippen LogP contribution in [0.4, 0.5) is 0 Å². The first kappa shape index (κ1) is 15.3. The molecule has 21 heavy (non-hydrogen) atoms. The van der Waals surface area contributed by atoms with Crippen LogP contribution in [0.1, 0.15) is 12.5 Å². The van der Waals surface area contributed by atoms with Crippen LogP contribution in [0.5, 0.6) is 5.75 Å². The third-order valence-electron chi connectivity index (χ3n) is 3.37. The molecule has 2 atom stereocenters. The van der Waals surface area contributed by atoms with Crippen LogP contribution in [0.3, 0.4) is 0 Å². The Balaban J connectivity index is 1.99. The number of ether oxygens (including phenoxy) is 2. The number of benzene rings is 1. The number of aliphatic hydroxyl groups excluding tert-OH is 1. The summed E-state index contributed by atoms with van der Waals surface area (Å²) in [5.74, 6) is 0.352. The molecule has 0 spiro atoms. The lowest BCUT2D eigenvalue weighted by Crippen LogP contribution is -2.54. The molecule has 0 bridgehead atoms.